The number of hydrogen-bond acceptors (Lipinski definition) is 2. The summed E-state index contributed by atoms with van der Waals surface area (Å²) in [5.41, 5.74) is 2.33. The Kier molecular flexibility index (Phi) is 5.05. The molecule has 0 aliphatic heterocycles. The third kappa shape index (κ3) is 2.99. The van der Waals surface area contributed by atoms with Gasteiger partial charge in [-0.1, -0.05) is 46.6 Å². The molecule has 6 heteroatoms. The van der Waals surface area contributed by atoms with E-state index in [0.717, 1.165) is 23.4 Å². The van der Waals surface area contributed by atoms with Crippen LogP contribution in [0, 0.1) is 5.82 Å². The fraction of sp³-hybridized carbons (Fsp3) is 0.357. The zero-order chi connectivity index (χ0) is 14.7. The highest BCUT2D eigenvalue weighted by molar-refractivity contribution is 9.08. The zero-order valence-corrected chi connectivity index (χ0v) is 13.6. The summed E-state index contributed by atoms with van der Waals surface area (Å²) in [6.45, 7) is 2.17. The minimum Gasteiger partial charge on any atom is -0.484 e. The fourth-order valence-electron chi connectivity index (χ4n) is 1.94. The van der Waals surface area contributed by atoms with Gasteiger partial charge in [0.15, 0.2) is 11.6 Å². The molecule has 1 aromatic carbocycles. The lowest BCUT2D eigenvalue weighted by atomic mass is 10.2. The maximum atomic E-state index is 13.8. The van der Waals surface area contributed by atoms with Gasteiger partial charge in [-0.3, -0.25) is 4.68 Å². The van der Waals surface area contributed by atoms with Crippen molar-refractivity contribution >= 4 is 27.5 Å². The quantitative estimate of drug-likeness (QED) is 0.745. The second-order valence-electron chi connectivity index (χ2n) is 4.33. The molecule has 0 atom stereocenters. The minimum absolute atomic E-state index is 0.184. The number of alkyl halides is 1. The Morgan fingerprint density at radius 1 is 1.45 bits per heavy atom. The summed E-state index contributed by atoms with van der Waals surface area (Å²) in [5.74, 6) is -0.129. The number of nitrogens with zero attached hydrogens (tertiary/aromatic N) is 2. The molecule has 0 spiro atoms. The van der Waals surface area contributed by atoms with E-state index in [9.17, 15) is 4.39 Å². The second-order valence-corrected chi connectivity index (χ2v) is 5.27. The normalized spacial score (nSPS) is 10.8. The number of aromatic nitrogens is 2. The molecule has 20 heavy (non-hydrogen) atoms. The Balaban J connectivity index is 2.23. The van der Waals surface area contributed by atoms with Crippen LogP contribution in [0.5, 0.6) is 5.75 Å². The summed E-state index contributed by atoms with van der Waals surface area (Å²) >= 11 is 9.57. The van der Waals surface area contributed by atoms with Gasteiger partial charge in [0, 0.05) is 17.9 Å². The Morgan fingerprint density at radius 2 is 2.20 bits per heavy atom. The smallest absolute Gasteiger partial charge is 0.165 e. The van der Waals surface area contributed by atoms with E-state index in [1.54, 1.807) is 17.8 Å². The number of aryl methyl sites for hydroxylation is 2. The van der Waals surface area contributed by atoms with E-state index in [0.29, 0.717) is 10.4 Å². The second kappa shape index (κ2) is 6.59. The van der Waals surface area contributed by atoms with Gasteiger partial charge in [0.25, 0.3) is 0 Å². The Bertz CT molecular complexity index is 615. The maximum absolute atomic E-state index is 13.8. The van der Waals surface area contributed by atoms with Crippen molar-refractivity contribution in [1.29, 1.82) is 0 Å². The van der Waals surface area contributed by atoms with Crippen LogP contribution in [0.1, 0.15) is 23.9 Å². The number of hydrogen-bond donors (Lipinski definition) is 0. The van der Waals surface area contributed by atoms with E-state index < -0.39 is 0 Å². The molecule has 0 saturated heterocycles. The summed E-state index contributed by atoms with van der Waals surface area (Å²) in [5, 5.41) is 5.42. The number of para-hydroxylation sites is 1. The predicted molar refractivity (Wildman–Crippen MR) is 81.0 cm³/mol. The van der Waals surface area contributed by atoms with Crippen LogP contribution in [0.3, 0.4) is 0 Å². The first-order valence-electron chi connectivity index (χ1n) is 6.24. The molecule has 108 valence electrons. The summed E-state index contributed by atoms with van der Waals surface area (Å²) in [6.07, 6.45) is 0.749. The third-order valence-electron chi connectivity index (χ3n) is 3.05. The van der Waals surface area contributed by atoms with Gasteiger partial charge in [0.1, 0.15) is 6.61 Å². The largest absolute Gasteiger partial charge is 0.484 e. The lowest BCUT2D eigenvalue weighted by Gasteiger charge is -2.11. The van der Waals surface area contributed by atoms with Gasteiger partial charge < -0.3 is 4.74 Å². The summed E-state index contributed by atoms with van der Waals surface area (Å²) in [4.78, 5) is 0. The van der Waals surface area contributed by atoms with E-state index in [1.807, 2.05) is 13.0 Å². The predicted octanol–water partition coefficient (Wildman–Crippen LogP) is 4.25. The van der Waals surface area contributed by atoms with E-state index in [1.165, 1.54) is 6.07 Å². The van der Waals surface area contributed by atoms with Crippen molar-refractivity contribution in [2.75, 3.05) is 0 Å². The molecular formula is C14H15BrClFN2O. The van der Waals surface area contributed by atoms with Crippen LogP contribution in [0.15, 0.2) is 18.2 Å². The van der Waals surface area contributed by atoms with Gasteiger partial charge in [0.2, 0.25) is 0 Å². The highest BCUT2D eigenvalue weighted by Crippen LogP contribution is 2.27. The average molecular weight is 362 g/mol. The van der Waals surface area contributed by atoms with Crippen molar-refractivity contribution in [1.82, 2.24) is 9.78 Å². The summed E-state index contributed by atoms with van der Waals surface area (Å²) in [6, 6.07) is 4.85. The summed E-state index contributed by atoms with van der Waals surface area (Å²) < 4.78 is 21.1. The van der Waals surface area contributed by atoms with Crippen LogP contribution < -0.4 is 4.74 Å². The van der Waals surface area contributed by atoms with Gasteiger partial charge >= 0.3 is 0 Å². The van der Waals surface area contributed by atoms with Gasteiger partial charge in [-0.25, -0.2) is 4.39 Å². The average Bonchev–Trinajstić information content (AvgIpc) is 2.72. The lowest BCUT2D eigenvalue weighted by molar-refractivity contribution is 0.278. The van der Waals surface area contributed by atoms with Crippen LogP contribution in [0.4, 0.5) is 4.39 Å². The molecule has 0 radical (unpaired) electrons. The van der Waals surface area contributed by atoms with Gasteiger partial charge in [0.05, 0.1) is 16.4 Å². The van der Waals surface area contributed by atoms with Crippen molar-refractivity contribution in [3.05, 3.63) is 46.0 Å². The molecule has 0 unspecified atom stereocenters. The lowest BCUT2D eigenvalue weighted by Crippen LogP contribution is -2.05. The van der Waals surface area contributed by atoms with Crippen molar-refractivity contribution in [2.45, 2.75) is 25.3 Å². The number of ether oxygens (including phenoxy) is 1. The first-order chi connectivity index (χ1) is 9.58. The van der Waals surface area contributed by atoms with Crippen LogP contribution in [0.2, 0.25) is 5.02 Å². The van der Waals surface area contributed by atoms with E-state index in [4.69, 9.17) is 16.3 Å². The Labute approximate surface area is 130 Å². The van der Waals surface area contributed by atoms with E-state index in [2.05, 4.69) is 21.0 Å². The van der Waals surface area contributed by atoms with E-state index >= 15 is 0 Å². The topological polar surface area (TPSA) is 27.1 Å². The molecule has 0 saturated carbocycles. The number of halogens is 3. The standard InChI is InChI=1S/C14H15BrClFN2O/c1-3-11-13(16)12(19(2)18-11)8-20-14-9(7-15)5-4-6-10(14)17/h4-6H,3,7-8H2,1-2H3. The van der Waals surface area contributed by atoms with Crippen LogP contribution in [0.25, 0.3) is 0 Å². The zero-order valence-electron chi connectivity index (χ0n) is 11.3. The first-order valence-corrected chi connectivity index (χ1v) is 7.74. The van der Waals surface area contributed by atoms with Crippen molar-refractivity contribution in [3.8, 4) is 5.75 Å². The van der Waals surface area contributed by atoms with Gasteiger partial charge in [-0.15, -0.1) is 0 Å². The first kappa shape index (κ1) is 15.3. The fourth-order valence-corrected chi connectivity index (χ4v) is 2.73. The minimum atomic E-state index is -0.379. The Morgan fingerprint density at radius 3 is 2.80 bits per heavy atom. The molecule has 0 aliphatic rings. The highest BCUT2D eigenvalue weighted by Gasteiger charge is 2.15. The maximum Gasteiger partial charge on any atom is 0.165 e. The van der Waals surface area contributed by atoms with Crippen molar-refractivity contribution in [3.63, 3.8) is 0 Å². The molecule has 3 nitrogen and oxygen atoms in total. The number of rotatable bonds is 5. The van der Waals surface area contributed by atoms with Crippen molar-refractivity contribution < 1.29 is 9.13 Å². The van der Waals surface area contributed by atoms with Crippen LogP contribution in [-0.2, 0) is 25.4 Å². The Hall–Kier alpha value is -1.07. The molecular weight excluding hydrogens is 347 g/mol. The SMILES string of the molecule is CCc1nn(C)c(COc2c(F)cccc2CBr)c1Cl. The molecule has 0 fully saturated rings. The number of benzene rings is 1. The molecule has 2 aromatic rings. The molecule has 0 N–H and O–H groups in total. The van der Waals surface area contributed by atoms with Crippen LogP contribution >= 0.6 is 27.5 Å². The van der Waals surface area contributed by atoms with Crippen molar-refractivity contribution in [2.24, 2.45) is 7.05 Å². The van der Waals surface area contributed by atoms with Gasteiger partial charge in [-0.2, -0.15) is 5.10 Å². The monoisotopic (exact) mass is 360 g/mol. The molecule has 2 rings (SSSR count). The third-order valence-corrected chi connectivity index (χ3v) is 4.09. The molecule has 1 heterocycles. The molecule has 0 bridgehead atoms. The van der Waals surface area contributed by atoms with Gasteiger partial charge in [-0.05, 0) is 12.5 Å². The molecule has 0 aliphatic carbocycles. The van der Waals surface area contributed by atoms with E-state index in [-0.39, 0.29) is 18.2 Å². The molecule has 0 amide bonds. The highest BCUT2D eigenvalue weighted by atomic mass is 79.9. The van der Waals surface area contributed by atoms with Crippen LogP contribution in [-0.4, -0.2) is 9.78 Å². The molecule has 1 aromatic heterocycles. The summed E-state index contributed by atoms with van der Waals surface area (Å²) in [7, 11) is 1.80.